The lowest BCUT2D eigenvalue weighted by molar-refractivity contribution is 0.601. The van der Waals surface area contributed by atoms with Crippen LogP contribution in [0, 0.1) is 20.8 Å². The van der Waals surface area contributed by atoms with Gasteiger partial charge in [0.25, 0.3) is 10.0 Å². The smallest absolute Gasteiger partial charge is 0.261 e. The topological polar surface area (TPSA) is 46.2 Å². The van der Waals surface area contributed by atoms with E-state index in [0.29, 0.717) is 10.7 Å². The number of sulfonamides is 1. The molecule has 0 fully saturated rings. The molecule has 0 radical (unpaired) electrons. The highest BCUT2D eigenvalue weighted by Crippen LogP contribution is 2.28. The normalized spacial score (nSPS) is 11.5. The first-order valence-corrected chi connectivity index (χ1v) is 8.50. The molecule has 2 rings (SSSR count). The minimum Gasteiger partial charge on any atom is -0.279 e. The number of hydrogen-bond donors (Lipinski definition) is 1. The fourth-order valence-electron chi connectivity index (χ4n) is 2.18. The molecule has 0 unspecified atom stereocenters. The van der Waals surface area contributed by atoms with Crippen molar-refractivity contribution < 1.29 is 8.42 Å². The lowest BCUT2D eigenvalue weighted by atomic mass is 10.1. The van der Waals surface area contributed by atoms with Crippen LogP contribution in [0.2, 0.25) is 10.0 Å². The molecule has 0 amide bonds. The van der Waals surface area contributed by atoms with E-state index in [-0.39, 0.29) is 9.92 Å². The maximum Gasteiger partial charge on any atom is 0.261 e. The zero-order valence-electron chi connectivity index (χ0n) is 11.9. The number of hydrogen-bond acceptors (Lipinski definition) is 2. The summed E-state index contributed by atoms with van der Waals surface area (Å²) in [4.78, 5) is 0.0799. The van der Waals surface area contributed by atoms with Crippen molar-refractivity contribution in [1.29, 1.82) is 0 Å². The molecule has 2 aromatic rings. The Balaban J connectivity index is 2.44. The van der Waals surface area contributed by atoms with E-state index in [1.54, 1.807) is 0 Å². The average Bonchev–Trinajstić information content (AvgIpc) is 2.37. The fourth-order valence-corrected chi connectivity index (χ4v) is 3.77. The molecule has 3 nitrogen and oxygen atoms in total. The Bertz CT molecular complexity index is 778. The summed E-state index contributed by atoms with van der Waals surface area (Å²) in [6.07, 6.45) is 0. The number of aryl methyl sites for hydroxylation is 3. The van der Waals surface area contributed by atoms with Crippen LogP contribution in [-0.4, -0.2) is 8.42 Å². The van der Waals surface area contributed by atoms with Gasteiger partial charge in [0.15, 0.2) is 0 Å². The summed E-state index contributed by atoms with van der Waals surface area (Å²) in [7, 11) is -3.70. The molecule has 0 aliphatic rings. The van der Waals surface area contributed by atoms with Gasteiger partial charge in [0.1, 0.15) is 0 Å². The van der Waals surface area contributed by atoms with Crippen molar-refractivity contribution in [3.63, 3.8) is 0 Å². The van der Waals surface area contributed by atoms with Gasteiger partial charge in [0.05, 0.1) is 20.6 Å². The van der Waals surface area contributed by atoms with Gasteiger partial charge < -0.3 is 0 Å². The van der Waals surface area contributed by atoms with Gasteiger partial charge in [0, 0.05) is 0 Å². The van der Waals surface area contributed by atoms with Crippen LogP contribution in [0.3, 0.4) is 0 Å². The Morgan fingerprint density at radius 1 is 0.905 bits per heavy atom. The molecule has 0 aromatic heterocycles. The first kappa shape index (κ1) is 16.1. The van der Waals surface area contributed by atoms with Gasteiger partial charge in [-0.15, -0.1) is 0 Å². The van der Waals surface area contributed by atoms with Gasteiger partial charge in [-0.3, -0.25) is 4.72 Å². The fraction of sp³-hybridized carbons (Fsp3) is 0.200. The van der Waals surface area contributed by atoms with Crippen LogP contribution in [0.4, 0.5) is 5.69 Å². The van der Waals surface area contributed by atoms with Crippen molar-refractivity contribution >= 4 is 38.9 Å². The van der Waals surface area contributed by atoms with Crippen LogP contribution in [0.25, 0.3) is 0 Å². The van der Waals surface area contributed by atoms with Crippen molar-refractivity contribution in [2.45, 2.75) is 25.7 Å². The van der Waals surface area contributed by atoms with Gasteiger partial charge in [-0.25, -0.2) is 8.42 Å². The van der Waals surface area contributed by atoms with Crippen LogP contribution in [0.1, 0.15) is 16.7 Å². The van der Waals surface area contributed by atoms with Crippen LogP contribution >= 0.6 is 23.2 Å². The number of rotatable bonds is 3. The number of nitrogens with one attached hydrogen (secondary N) is 1. The predicted octanol–water partition coefficient (Wildman–Crippen LogP) is 4.72. The number of halogens is 2. The third-order valence-electron chi connectivity index (χ3n) is 3.11. The van der Waals surface area contributed by atoms with Crippen molar-refractivity contribution in [2.24, 2.45) is 0 Å². The van der Waals surface area contributed by atoms with Crippen LogP contribution in [0.15, 0.2) is 35.2 Å². The highest BCUT2D eigenvalue weighted by Gasteiger charge is 2.18. The van der Waals surface area contributed by atoms with Crippen LogP contribution in [0.5, 0.6) is 0 Å². The molecule has 0 bridgehead atoms. The van der Waals surface area contributed by atoms with E-state index in [1.165, 1.54) is 18.2 Å². The van der Waals surface area contributed by atoms with Gasteiger partial charge in [-0.05, 0) is 50.1 Å². The standard InChI is InChI=1S/C15H15Cl2NO2S/c1-9-6-10(2)15(11(3)7-9)18-21(19,20)12-4-5-13(16)14(17)8-12/h4-8,18H,1-3H3. The minimum absolute atomic E-state index is 0.0799. The average molecular weight is 344 g/mol. The van der Waals surface area contributed by atoms with Gasteiger partial charge in [-0.2, -0.15) is 0 Å². The van der Waals surface area contributed by atoms with E-state index in [4.69, 9.17) is 23.2 Å². The molecular formula is C15H15Cl2NO2S. The maximum atomic E-state index is 12.4. The van der Waals surface area contributed by atoms with Gasteiger partial charge in [-0.1, -0.05) is 40.9 Å². The lowest BCUT2D eigenvalue weighted by Crippen LogP contribution is -2.14. The van der Waals surface area contributed by atoms with Crippen molar-refractivity contribution in [2.75, 3.05) is 4.72 Å². The van der Waals surface area contributed by atoms with Gasteiger partial charge in [0.2, 0.25) is 0 Å². The number of anilines is 1. The SMILES string of the molecule is Cc1cc(C)c(NS(=O)(=O)c2ccc(Cl)c(Cl)c2)c(C)c1. The van der Waals surface area contributed by atoms with Crippen molar-refractivity contribution in [1.82, 2.24) is 0 Å². The van der Waals surface area contributed by atoms with E-state index in [0.717, 1.165) is 16.7 Å². The highest BCUT2D eigenvalue weighted by atomic mass is 35.5. The van der Waals surface area contributed by atoms with Gasteiger partial charge >= 0.3 is 0 Å². The molecule has 6 heteroatoms. The Hall–Kier alpha value is -1.23. The summed E-state index contributed by atoms with van der Waals surface area (Å²) in [5.41, 5.74) is 3.42. The molecule has 2 aromatic carbocycles. The molecule has 112 valence electrons. The van der Waals surface area contributed by atoms with Crippen molar-refractivity contribution in [3.8, 4) is 0 Å². The monoisotopic (exact) mass is 343 g/mol. The van der Waals surface area contributed by atoms with Crippen LogP contribution < -0.4 is 4.72 Å². The summed E-state index contributed by atoms with van der Waals surface area (Å²) in [6, 6.07) is 8.09. The number of benzene rings is 2. The molecule has 0 heterocycles. The van der Waals surface area contributed by atoms with E-state index >= 15 is 0 Å². The van der Waals surface area contributed by atoms with Crippen LogP contribution in [-0.2, 0) is 10.0 Å². The second kappa shape index (κ2) is 5.87. The highest BCUT2D eigenvalue weighted by molar-refractivity contribution is 7.92. The molecule has 0 saturated carbocycles. The first-order valence-electron chi connectivity index (χ1n) is 6.26. The molecule has 0 aliphatic carbocycles. The third-order valence-corrected chi connectivity index (χ3v) is 5.20. The summed E-state index contributed by atoms with van der Waals surface area (Å²) in [6.45, 7) is 5.70. The molecular weight excluding hydrogens is 329 g/mol. The molecule has 0 spiro atoms. The maximum absolute atomic E-state index is 12.4. The quantitative estimate of drug-likeness (QED) is 0.876. The minimum atomic E-state index is -3.70. The Kier molecular flexibility index (Phi) is 4.51. The first-order chi connectivity index (χ1) is 9.70. The lowest BCUT2D eigenvalue weighted by Gasteiger charge is -2.14. The summed E-state index contributed by atoms with van der Waals surface area (Å²) in [5, 5.41) is 0.523. The van der Waals surface area contributed by atoms with E-state index in [2.05, 4.69) is 4.72 Å². The Labute approximate surface area is 135 Å². The predicted molar refractivity (Wildman–Crippen MR) is 87.9 cm³/mol. The summed E-state index contributed by atoms with van der Waals surface area (Å²) in [5.74, 6) is 0. The molecule has 0 saturated heterocycles. The summed E-state index contributed by atoms with van der Waals surface area (Å²) < 4.78 is 27.5. The second-order valence-corrected chi connectivity index (χ2v) is 7.45. The van der Waals surface area contributed by atoms with Crippen molar-refractivity contribution in [3.05, 3.63) is 57.1 Å². The molecule has 0 aliphatic heterocycles. The van der Waals surface area contributed by atoms with E-state index in [9.17, 15) is 8.42 Å². The third kappa shape index (κ3) is 3.51. The Morgan fingerprint density at radius 2 is 1.48 bits per heavy atom. The zero-order chi connectivity index (χ0) is 15.8. The van der Waals surface area contributed by atoms with E-state index in [1.807, 2.05) is 32.9 Å². The molecule has 21 heavy (non-hydrogen) atoms. The molecule has 1 N–H and O–H groups in total. The second-order valence-electron chi connectivity index (χ2n) is 4.96. The Morgan fingerprint density at radius 3 is 2.00 bits per heavy atom. The largest absolute Gasteiger partial charge is 0.279 e. The van der Waals surface area contributed by atoms with E-state index < -0.39 is 10.0 Å². The molecule has 0 atom stereocenters. The zero-order valence-corrected chi connectivity index (χ0v) is 14.2. The summed E-state index contributed by atoms with van der Waals surface area (Å²) >= 11 is 11.7.